The highest BCUT2D eigenvalue weighted by Gasteiger charge is 2.16. The average Bonchev–Trinajstić information content (AvgIpc) is 3.40. The molecule has 0 fully saturated rings. The molecule has 0 bridgehead atoms. The molecule has 0 saturated carbocycles. The van der Waals surface area contributed by atoms with Crippen molar-refractivity contribution in [3.63, 3.8) is 0 Å². The van der Waals surface area contributed by atoms with Crippen molar-refractivity contribution in [3.8, 4) is 11.4 Å². The summed E-state index contributed by atoms with van der Waals surface area (Å²) < 4.78 is 4.51. The molecule has 0 aliphatic carbocycles. The molecule has 0 spiro atoms. The summed E-state index contributed by atoms with van der Waals surface area (Å²) in [6.45, 7) is 3.39. The zero-order chi connectivity index (χ0) is 21.8. The molecule has 10 nitrogen and oxygen atoms in total. The van der Waals surface area contributed by atoms with E-state index in [-0.39, 0.29) is 16.5 Å². The number of H-pyrrole nitrogens is 1. The van der Waals surface area contributed by atoms with Gasteiger partial charge in [0, 0.05) is 25.2 Å². The molecule has 0 amide bonds. The smallest absolute Gasteiger partial charge is 0.323 e. The van der Waals surface area contributed by atoms with E-state index in [0.717, 1.165) is 18.4 Å². The van der Waals surface area contributed by atoms with Crippen LogP contribution in [0.2, 0.25) is 5.28 Å². The van der Waals surface area contributed by atoms with Gasteiger partial charge in [0.25, 0.3) is 5.56 Å². The van der Waals surface area contributed by atoms with E-state index in [4.69, 9.17) is 11.6 Å². The molecule has 3 heterocycles. The van der Waals surface area contributed by atoms with E-state index in [1.165, 1.54) is 9.13 Å². The van der Waals surface area contributed by atoms with Gasteiger partial charge in [-0.1, -0.05) is 43.7 Å². The first kappa shape index (κ1) is 21.0. The molecule has 31 heavy (non-hydrogen) atoms. The zero-order valence-electron chi connectivity index (χ0n) is 17.2. The summed E-state index contributed by atoms with van der Waals surface area (Å²) in [6, 6.07) is 9.70. The van der Waals surface area contributed by atoms with Crippen LogP contribution in [0.15, 0.2) is 39.9 Å². The normalized spacial score (nSPS) is 11.4. The van der Waals surface area contributed by atoms with Gasteiger partial charge < -0.3 is 4.98 Å². The number of aromatic nitrogens is 8. The summed E-state index contributed by atoms with van der Waals surface area (Å²) in [4.78, 5) is 32.7. The predicted octanol–water partition coefficient (Wildman–Crippen LogP) is 2.47. The van der Waals surface area contributed by atoms with Crippen molar-refractivity contribution in [1.82, 2.24) is 39.3 Å². The Bertz CT molecular complexity index is 1290. The maximum atomic E-state index is 13.0. The van der Waals surface area contributed by atoms with Gasteiger partial charge in [-0.15, -0.1) is 5.10 Å². The molecule has 0 radical (unpaired) electrons. The number of fused-ring (bicyclic) bond motifs is 1. The minimum atomic E-state index is -0.403. The minimum Gasteiger partial charge on any atom is -0.323 e. The first-order valence-corrected chi connectivity index (χ1v) is 10.7. The van der Waals surface area contributed by atoms with E-state index < -0.39 is 5.56 Å². The Morgan fingerprint density at radius 3 is 2.52 bits per heavy atom. The Balaban J connectivity index is 1.51. The fourth-order valence-corrected chi connectivity index (χ4v) is 3.71. The summed E-state index contributed by atoms with van der Waals surface area (Å²) in [7, 11) is 0. The van der Waals surface area contributed by atoms with Crippen molar-refractivity contribution in [2.75, 3.05) is 0 Å². The van der Waals surface area contributed by atoms with Crippen molar-refractivity contribution in [1.29, 1.82) is 0 Å². The number of aromatic amines is 1. The lowest BCUT2D eigenvalue weighted by Gasteiger charge is -2.11. The van der Waals surface area contributed by atoms with Crippen LogP contribution in [0.4, 0.5) is 0 Å². The molecule has 11 heteroatoms. The van der Waals surface area contributed by atoms with Gasteiger partial charge in [-0.05, 0) is 41.3 Å². The number of unbranched alkanes of at least 4 members (excludes halogenated alkanes) is 2. The molecular weight excluding hydrogens is 420 g/mol. The number of halogens is 1. The second-order valence-electron chi connectivity index (χ2n) is 7.27. The van der Waals surface area contributed by atoms with Crippen LogP contribution in [-0.4, -0.2) is 39.3 Å². The molecule has 3 aromatic heterocycles. The maximum absolute atomic E-state index is 13.0. The number of hydrogen-bond donors (Lipinski definition) is 1. The van der Waals surface area contributed by atoms with E-state index in [1.807, 2.05) is 37.3 Å². The molecule has 0 aliphatic rings. The molecule has 4 rings (SSSR count). The van der Waals surface area contributed by atoms with Crippen LogP contribution in [0.3, 0.4) is 0 Å². The number of aryl methyl sites for hydroxylation is 2. The van der Waals surface area contributed by atoms with E-state index in [9.17, 15) is 9.59 Å². The zero-order valence-corrected chi connectivity index (χ0v) is 17.9. The van der Waals surface area contributed by atoms with Crippen LogP contribution in [-0.2, 0) is 19.6 Å². The van der Waals surface area contributed by atoms with Gasteiger partial charge in [-0.2, -0.15) is 4.98 Å². The number of nitrogens with zero attached hydrogens (tertiary/aromatic N) is 7. The van der Waals surface area contributed by atoms with Gasteiger partial charge in [-0.3, -0.25) is 13.9 Å². The summed E-state index contributed by atoms with van der Waals surface area (Å²) in [5.41, 5.74) is 0.739. The van der Waals surface area contributed by atoms with Gasteiger partial charge in [0.15, 0.2) is 17.0 Å². The first-order chi connectivity index (χ1) is 15.1. The third kappa shape index (κ3) is 4.29. The third-order valence-electron chi connectivity index (χ3n) is 5.13. The molecule has 162 valence electrons. The van der Waals surface area contributed by atoms with Crippen molar-refractivity contribution in [2.24, 2.45) is 0 Å². The number of imidazole rings is 1. The standard InChI is InChI=1S/C20H23ClN8O2/c1-2-3-11-27-17-15(22-19(21)23-17)18(30)28(20(27)31)12-7-8-13-29-16(24-25-26-29)14-9-5-4-6-10-14/h4-6,9-10H,2-3,7-8,11-13H2,1H3,(H,22,23). The van der Waals surface area contributed by atoms with Crippen molar-refractivity contribution >= 4 is 22.8 Å². The number of benzene rings is 1. The number of hydrogen-bond acceptors (Lipinski definition) is 6. The van der Waals surface area contributed by atoms with Gasteiger partial charge in [0.1, 0.15) is 0 Å². The monoisotopic (exact) mass is 442 g/mol. The Hall–Kier alpha value is -3.27. The van der Waals surface area contributed by atoms with Crippen molar-refractivity contribution in [3.05, 3.63) is 56.5 Å². The Kier molecular flexibility index (Phi) is 6.26. The fraction of sp³-hybridized carbons (Fsp3) is 0.400. The Morgan fingerprint density at radius 2 is 1.74 bits per heavy atom. The lowest BCUT2D eigenvalue weighted by Crippen LogP contribution is -2.40. The Morgan fingerprint density at radius 1 is 1.00 bits per heavy atom. The Labute approximate surface area is 182 Å². The highest BCUT2D eigenvalue weighted by molar-refractivity contribution is 6.28. The molecule has 0 aliphatic heterocycles. The van der Waals surface area contributed by atoms with Crippen LogP contribution in [0.25, 0.3) is 22.6 Å². The second kappa shape index (κ2) is 9.25. The van der Waals surface area contributed by atoms with Crippen LogP contribution in [0.1, 0.15) is 32.6 Å². The summed E-state index contributed by atoms with van der Waals surface area (Å²) in [5.74, 6) is 0.688. The highest BCUT2D eigenvalue weighted by atomic mass is 35.5. The fourth-order valence-electron chi connectivity index (χ4n) is 3.53. The third-order valence-corrected chi connectivity index (χ3v) is 5.31. The molecule has 1 N–H and O–H groups in total. The molecule has 0 atom stereocenters. The van der Waals surface area contributed by atoms with Gasteiger partial charge >= 0.3 is 5.69 Å². The number of nitrogens with one attached hydrogen (secondary N) is 1. The van der Waals surface area contributed by atoms with Crippen LogP contribution in [0.5, 0.6) is 0 Å². The molecule has 1 aromatic carbocycles. The molecular formula is C20H23ClN8O2. The van der Waals surface area contributed by atoms with Crippen molar-refractivity contribution < 1.29 is 0 Å². The van der Waals surface area contributed by atoms with Gasteiger partial charge in [-0.25, -0.2) is 9.48 Å². The molecule has 4 aromatic rings. The quantitative estimate of drug-likeness (QED) is 0.314. The summed E-state index contributed by atoms with van der Waals surface area (Å²) in [6.07, 6.45) is 3.04. The van der Waals surface area contributed by atoms with Crippen LogP contribution < -0.4 is 11.2 Å². The van der Waals surface area contributed by atoms with E-state index in [0.29, 0.717) is 43.9 Å². The van der Waals surface area contributed by atoms with Gasteiger partial charge in [0.2, 0.25) is 5.28 Å². The van der Waals surface area contributed by atoms with Crippen LogP contribution in [0, 0.1) is 0 Å². The maximum Gasteiger partial charge on any atom is 0.332 e. The number of tetrazole rings is 1. The lowest BCUT2D eigenvalue weighted by atomic mass is 10.2. The summed E-state index contributed by atoms with van der Waals surface area (Å²) in [5, 5.41) is 12.0. The lowest BCUT2D eigenvalue weighted by molar-refractivity contribution is 0.487. The summed E-state index contributed by atoms with van der Waals surface area (Å²) >= 11 is 5.96. The largest absolute Gasteiger partial charge is 0.332 e. The van der Waals surface area contributed by atoms with Crippen LogP contribution >= 0.6 is 11.6 Å². The average molecular weight is 443 g/mol. The second-order valence-corrected chi connectivity index (χ2v) is 7.63. The topological polar surface area (TPSA) is 116 Å². The first-order valence-electron chi connectivity index (χ1n) is 10.3. The van der Waals surface area contributed by atoms with Crippen molar-refractivity contribution in [2.45, 2.75) is 52.2 Å². The SMILES string of the molecule is CCCCn1c(=O)n(CCCCn2nnnc2-c2ccccc2)c(=O)c2[nH]c(Cl)nc21. The number of rotatable bonds is 9. The minimum absolute atomic E-state index is 0.0987. The van der Waals surface area contributed by atoms with Gasteiger partial charge in [0.05, 0.1) is 0 Å². The molecule has 0 unspecified atom stereocenters. The predicted molar refractivity (Wildman–Crippen MR) is 117 cm³/mol. The molecule has 0 saturated heterocycles. The van der Waals surface area contributed by atoms with E-state index in [1.54, 1.807) is 4.68 Å². The van der Waals surface area contributed by atoms with E-state index in [2.05, 4.69) is 25.5 Å². The van der Waals surface area contributed by atoms with E-state index >= 15 is 0 Å². The highest BCUT2D eigenvalue weighted by Crippen LogP contribution is 2.15.